The van der Waals surface area contributed by atoms with Gasteiger partial charge in [-0.15, -0.1) is 0 Å². The van der Waals surface area contributed by atoms with Gasteiger partial charge in [-0.3, -0.25) is 9.63 Å². The molecule has 6 heteroatoms. The molecule has 3 aromatic carbocycles. The number of carbonyl (C=O) groups is 1. The van der Waals surface area contributed by atoms with Crippen LogP contribution >= 0.6 is 0 Å². The SMILES string of the molecule is COC(=O)C12COc3ccccc3C1N(c1ccccc1)OC2c1ccccc1OC. The minimum atomic E-state index is -1.13. The number of hydrogen-bond donors (Lipinski definition) is 0. The number of benzene rings is 3. The molecule has 0 amide bonds. The lowest BCUT2D eigenvalue weighted by atomic mass is 9.70. The number of para-hydroxylation sites is 3. The summed E-state index contributed by atoms with van der Waals surface area (Å²) in [6, 6.07) is 24.6. The maximum Gasteiger partial charge on any atom is 0.321 e. The van der Waals surface area contributed by atoms with Gasteiger partial charge in [-0.1, -0.05) is 54.6 Å². The summed E-state index contributed by atoms with van der Waals surface area (Å²) in [4.78, 5) is 20.1. The van der Waals surface area contributed by atoms with Gasteiger partial charge in [-0.05, 0) is 24.3 Å². The molecule has 0 radical (unpaired) electrons. The number of fused-ring (bicyclic) bond motifs is 3. The first-order valence-corrected chi connectivity index (χ1v) is 10.1. The van der Waals surface area contributed by atoms with Crippen LogP contribution in [0.25, 0.3) is 0 Å². The Morgan fingerprint density at radius 2 is 1.61 bits per heavy atom. The number of hydroxylamine groups is 1. The van der Waals surface area contributed by atoms with E-state index in [2.05, 4.69) is 0 Å². The van der Waals surface area contributed by atoms with Crippen LogP contribution in [0.15, 0.2) is 78.9 Å². The first kappa shape index (κ1) is 19.5. The van der Waals surface area contributed by atoms with Crippen LogP contribution in [0.1, 0.15) is 23.3 Å². The second kappa shape index (κ2) is 7.63. The second-order valence-electron chi connectivity index (χ2n) is 7.65. The summed E-state index contributed by atoms with van der Waals surface area (Å²) in [6.07, 6.45) is -0.672. The normalized spacial score (nSPS) is 24.0. The molecular weight excluding hydrogens is 394 g/mol. The van der Waals surface area contributed by atoms with Crippen molar-refractivity contribution in [1.82, 2.24) is 0 Å². The van der Waals surface area contributed by atoms with Crippen molar-refractivity contribution >= 4 is 11.7 Å². The van der Waals surface area contributed by atoms with Crippen molar-refractivity contribution < 1.29 is 23.8 Å². The number of hydrogen-bond acceptors (Lipinski definition) is 6. The van der Waals surface area contributed by atoms with Crippen molar-refractivity contribution in [2.45, 2.75) is 12.1 Å². The second-order valence-corrected chi connectivity index (χ2v) is 7.65. The Kier molecular flexibility index (Phi) is 4.79. The molecule has 0 N–H and O–H groups in total. The fourth-order valence-electron chi connectivity index (χ4n) is 4.68. The molecule has 3 unspecified atom stereocenters. The van der Waals surface area contributed by atoms with E-state index in [0.717, 1.165) is 22.6 Å². The largest absolute Gasteiger partial charge is 0.496 e. The van der Waals surface area contributed by atoms with Crippen molar-refractivity contribution in [3.05, 3.63) is 90.0 Å². The number of esters is 1. The highest BCUT2D eigenvalue weighted by Crippen LogP contribution is 2.61. The van der Waals surface area contributed by atoms with Crippen LogP contribution in [0.5, 0.6) is 11.5 Å². The Bertz CT molecular complexity index is 1100. The van der Waals surface area contributed by atoms with E-state index < -0.39 is 17.6 Å². The Labute approximate surface area is 180 Å². The summed E-state index contributed by atoms with van der Waals surface area (Å²) in [6.45, 7) is 0.118. The molecule has 0 aliphatic carbocycles. The minimum absolute atomic E-state index is 0.118. The summed E-state index contributed by atoms with van der Waals surface area (Å²) in [5.41, 5.74) is 1.35. The monoisotopic (exact) mass is 417 g/mol. The van der Waals surface area contributed by atoms with Crippen molar-refractivity contribution in [3.8, 4) is 11.5 Å². The van der Waals surface area contributed by atoms with Gasteiger partial charge in [0, 0.05) is 11.1 Å². The molecule has 31 heavy (non-hydrogen) atoms. The Morgan fingerprint density at radius 1 is 0.935 bits per heavy atom. The van der Waals surface area contributed by atoms with E-state index in [-0.39, 0.29) is 12.6 Å². The molecule has 6 nitrogen and oxygen atoms in total. The van der Waals surface area contributed by atoms with Gasteiger partial charge in [0.25, 0.3) is 0 Å². The topological polar surface area (TPSA) is 57.2 Å². The van der Waals surface area contributed by atoms with E-state index in [1.165, 1.54) is 7.11 Å². The highest BCUT2D eigenvalue weighted by Gasteiger charge is 2.66. The molecule has 0 aromatic heterocycles. The molecule has 0 saturated carbocycles. The van der Waals surface area contributed by atoms with Crippen molar-refractivity contribution in [2.24, 2.45) is 5.41 Å². The smallest absolute Gasteiger partial charge is 0.321 e. The fraction of sp³-hybridized carbons (Fsp3) is 0.240. The molecule has 2 aliphatic heterocycles. The van der Waals surface area contributed by atoms with Crippen LogP contribution in [-0.2, 0) is 14.4 Å². The molecule has 0 spiro atoms. The number of rotatable bonds is 4. The van der Waals surface area contributed by atoms with Crippen LogP contribution in [0.4, 0.5) is 5.69 Å². The van der Waals surface area contributed by atoms with Crippen LogP contribution < -0.4 is 14.5 Å². The van der Waals surface area contributed by atoms with Gasteiger partial charge in [-0.25, -0.2) is 5.06 Å². The molecule has 0 bridgehead atoms. The number of carbonyl (C=O) groups excluding carboxylic acids is 1. The lowest BCUT2D eigenvalue weighted by Crippen LogP contribution is -2.48. The zero-order valence-electron chi connectivity index (χ0n) is 17.4. The first-order valence-electron chi connectivity index (χ1n) is 10.1. The van der Waals surface area contributed by atoms with E-state index in [1.54, 1.807) is 7.11 Å². The Balaban J connectivity index is 1.77. The average molecular weight is 417 g/mol. The van der Waals surface area contributed by atoms with Gasteiger partial charge in [-0.2, -0.15) is 0 Å². The predicted octanol–water partition coefficient (Wildman–Crippen LogP) is 4.48. The van der Waals surface area contributed by atoms with Crippen LogP contribution in [0, 0.1) is 5.41 Å². The maximum absolute atomic E-state index is 13.5. The number of nitrogens with zero attached hydrogens (tertiary/aromatic N) is 1. The fourth-order valence-corrected chi connectivity index (χ4v) is 4.68. The van der Waals surface area contributed by atoms with Crippen molar-refractivity contribution in [1.29, 1.82) is 0 Å². The molecule has 1 saturated heterocycles. The molecule has 3 atom stereocenters. The Morgan fingerprint density at radius 3 is 2.35 bits per heavy atom. The summed E-state index contributed by atoms with van der Waals surface area (Å²) < 4.78 is 17.1. The minimum Gasteiger partial charge on any atom is -0.496 e. The van der Waals surface area contributed by atoms with Gasteiger partial charge in [0.2, 0.25) is 0 Å². The number of methoxy groups -OCH3 is 2. The van der Waals surface area contributed by atoms with E-state index in [1.807, 2.05) is 83.9 Å². The molecule has 2 heterocycles. The maximum atomic E-state index is 13.5. The van der Waals surface area contributed by atoms with E-state index >= 15 is 0 Å². The zero-order chi connectivity index (χ0) is 21.4. The highest BCUT2D eigenvalue weighted by molar-refractivity contribution is 5.82. The molecule has 1 fully saturated rings. The number of anilines is 1. The average Bonchev–Trinajstić information content (AvgIpc) is 3.20. The van der Waals surface area contributed by atoms with E-state index in [9.17, 15) is 4.79 Å². The summed E-state index contributed by atoms with van der Waals surface area (Å²) >= 11 is 0. The van der Waals surface area contributed by atoms with Crippen LogP contribution in [0.3, 0.4) is 0 Å². The zero-order valence-corrected chi connectivity index (χ0v) is 17.4. The first-order chi connectivity index (χ1) is 15.2. The van der Waals surface area contributed by atoms with E-state index in [4.69, 9.17) is 19.0 Å². The molecule has 5 rings (SSSR count). The summed E-state index contributed by atoms with van der Waals surface area (Å²) in [5, 5.41) is 1.81. The third-order valence-corrected chi connectivity index (χ3v) is 6.09. The highest BCUT2D eigenvalue weighted by atomic mass is 16.7. The van der Waals surface area contributed by atoms with Gasteiger partial charge in [0.05, 0.1) is 19.9 Å². The van der Waals surface area contributed by atoms with Crippen molar-refractivity contribution in [3.63, 3.8) is 0 Å². The molecule has 3 aromatic rings. The van der Waals surface area contributed by atoms with Gasteiger partial charge >= 0.3 is 5.97 Å². The lowest BCUT2D eigenvalue weighted by molar-refractivity contribution is -0.161. The molecule has 2 aliphatic rings. The summed E-state index contributed by atoms with van der Waals surface area (Å²) in [5.74, 6) is 0.988. The predicted molar refractivity (Wildman–Crippen MR) is 115 cm³/mol. The van der Waals surface area contributed by atoms with Crippen LogP contribution in [0.2, 0.25) is 0 Å². The molecular formula is C25H23NO5. The van der Waals surface area contributed by atoms with Gasteiger partial charge < -0.3 is 14.2 Å². The summed E-state index contributed by atoms with van der Waals surface area (Å²) in [7, 11) is 3.01. The van der Waals surface area contributed by atoms with Crippen LogP contribution in [-0.4, -0.2) is 26.8 Å². The third-order valence-electron chi connectivity index (χ3n) is 6.09. The quantitative estimate of drug-likeness (QED) is 0.584. The van der Waals surface area contributed by atoms with Crippen molar-refractivity contribution in [2.75, 3.05) is 25.9 Å². The van der Waals surface area contributed by atoms with E-state index in [0.29, 0.717) is 5.75 Å². The Hall–Kier alpha value is -3.51. The van der Waals surface area contributed by atoms with Gasteiger partial charge in [0.1, 0.15) is 30.3 Å². The number of ether oxygens (including phenoxy) is 3. The van der Waals surface area contributed by atoms with Gasteiger partial charge in [0.15, 0.2) is 5.41 Å². The lowest BCUT2D eigenvalue weighted by Gasteiger charge is -2.40. The standard InChI is InChI=1S/C25H23NO5/c1-28-20-14-8-7-13-19(20)23-25(24(27)29-2)16-30-21-15-9-6-12-18(21)22(25)26(31-23)17-10-4-3-5-11-17/h3-15,22-23H,16H2,1-2H3. The third kappa shape index (κ3) is 2.86. The molecule has 158 valence electrons.